The molecule has 0 fully saturated rings. The van der Waals surface area contributed by atoms with Crippen molar-refractivity contribution in [3.63, 3.8) is 0 Å². The Balaban J connectivity index is -0.000000366. The number of hydrogen-bond donors (Lipinski definition) is 8. The fourth-order valence-corrected chi connectivity index (χ4v) is 3.93. The normalized spacial score (nSPS) is 13.8. The lowest BCUT2D eigenvalue weighted by atomic mass is 9.99. The molecular weight excluding hydrogens is 592 g/mol. The van der Waals surface area contributed by atoms with Crippen LogP contribution in [0.1, 0.15) is 97.3 Å². The van der Waals surface area contributed by atoms with Crippen LogP contribution in [0.4, 0.5) is 0 Å². The molecule has 0 aromatic rings. The molecule has 0 saturated carbocycles. The van der Waals surface area contributed by atoms with Gasteiger partial charge in [0.15, 0.2) is 0 Å². The van der Waals surface area contributed by atoms with Gasteiger partial charge < -0.3 is 41.3 Å². The van der Waals surface area contributed by atoms with E-state index in [-0.39, 0.29) is 12.3 Å². The van der Waals surface area contributed by atoms with Gasteiger partial charge in [-0.05, 0) is 25.5 Å². The maximum absolute atomic E-state index is 11.2. The number of hydrogen-bond acceptors (Lipinski definition) is 12. The summed E-state index contributed by atoms with van der Waals surface area (Å²) in [5.41, 5.74) is 0. The second kappa shape index (κ2) is 37.1. The van der Waals surface area contributed by atoms with Gasteiger partial charge in [-0.1, -0.05) is 97.1 Å². The number of amides is 2. The Labute approximate surface area is 266 Å². The Kier molecular flexibility index (Phi) is 40.3. The number of aliphatic hydroxyl groups is 6. The maximum atomic E-state index is 11.2. The SMILES string of the molecule is C=CC(=O)N[C@@H](CO)[C@H](O)[C@@H](C)O.C=CC(=O)N[C@@H](CO)[C@H](O)[C@H](O)CCCCCCCCCCCCCC.O=C=O.O=C=O. The third-order valence-corrected chi connectivity index (χ3v) is 6.49. The Bertz CT molecular complexity index is 785. The molecule has 45 heavy (non-hydrogen) atoms. The molecule has 0 aliphatic carbocycles. The van der Waals surface area contributed by atoms with Gasteiger partial charge in [-0.3, -0.25) is 9.59 Å². The molecule has 2 amide bonds. The molecule has 0 rings (SSSR count). The van der Waals surface area contributed by atoms with Crippen LogP contribution in [0.25, 0.3) is 0 Å². The van der Waals surface area contributed by atoms with Crippen molar-refractivity contribution in [2.24, 2.45) is 0 Å². The summed E-state index contributed by atoms with van der Waals surface area (Å²) < 4.78 is 0. The zero-order valence-corrected chi connectivity index (χ0v) is 26.8. The quantitative estimate of drug-likeness (QED) is 0.0563. The zero-order valence-electron chi connectivity index (χ0n) is 26.8. The number of unbranched alkanes of at least 4 members (excludes halogenated alkanes) is 11. The predicted molar refractivity (Wildman–Crippen MR) is 164 cm³/mol. The van der Waals surface area contributed by atoms with Gasteiger partial charge >= 0.3 is 12.3 Å². The highest BCUT2D eigenvalue weighted by atomic mass is 16.3. The van der Waals surface area contributed by atoms with Gasteiger partial charge in [0, 0.05) is 0 Å². The molecule has 6 atom stereocenters. The zero-order chi connectivity index (χ0) is 35.5. The van der Waals surface area contributed by atoms with Gasteiger partial charge in [0.25, 0.3) is 0 Å². The first-order chi connectivity index (χ1) is 21.4. The van der Waals surface area contributed by atoms with E-state index in [4.69, 9.17) is 29.4 Å². The molecule has 0 aromatic heterocycles. The monoisotopic (exact) mass is 648 g/mol. The van der Waals surface area contributed by atoms with E-state index in [0.717, 1.165) is 31.4 Å². The summed E-state index contributed by atoms with van der Waals surface area (Å²) in [4.78, 5) is 54.5. The number of carbonyl (C=O) groups is 2. The van der Waals surface area contributed by atoms with Crippen LogP contribution < -0.4 is 10.6 Å². The van der Waals surface area contributed by atoms with Crippen LogP contribution >= 0.6 is 0 Å². The van der Waals surface area contributed by atoms with Gasteiger partial charge in [0.1, 0.15) is 12.2 Å². The van der Waals surface area contributed by atoms with Gasteiger partial charge in [-0.25, -0.2) is 0 Å². The molecule has 8 N–H and O–H groups in total. The maximum Gasteiger partial charge on any atom is 0.373 e. The van der Waals surface area contributed by atoms with Crippen molar-refractivity contribution in [1.29, 1.82) is 0 Å². The summed E-state index contributed by atoms with van der Waals surface area (Å²) >= 11 is 0. The molecule has 0 unspecified atom stereocenters. The fourth-order valence-electron chi connectivity index (χ4n) is 3.93. The van der Waals surface area contributed by atoms with E-state index in [1.54, 1.807) is 0 Å². The van der Waals surface area contributed by atoms with E-state index in [2.05, 4.69) is 30.7 Å². The number of rotatable bonds is 23. The van der Waals surface area contributed by atoms with E-state index in [0.29, 0.717) is 6.42 Å². The number of carbonyl (C=O) groups excluding carboxylic acids is 6. The third kappa shape index (κ3) is 33.7. The Morgan fingerprint density at radius 3 is 1.24 bits per heavy atom. The molecule has 0 heterocycles. The lowest BCUT2D eigenvalue weighted by molar-refractivity contribution is -0.193. The highest BCUT2D eigenvalue weighted by Crippen LogP contribution is 2.14. The largest absolute Gasteiger partial charge is 0.394 e. The van der Waals surface area contributed by atoms with Gasteiger partial charge in [-0.15, -0.1) is 0 Å². The summed E-state index contributed by atoms with van der Waals surface area (Å²) in [6.07, 6.45) is 13.7. The Morgan fingerprint density at radius 2 is 0.956 bits per heavy atom. The summed E-state index contributed by atoms with van der Waals surface area (Å²) in [5, 5.41) is 61.0. The van der Waals surface area contributed by atoms with Crippen molar-refractivity contribution in [3.05, 3.63) is 25.3 Å². The molecule has 0 aliphatic heterocycles. The second-order valence-electron chi connectivity index (χ2n) is 10.1. The molecule has 0 spiro atoms. The summed E-state index contributed by atoms with van der Waals surface area (Å²) in [6.45, 7) is 9.29. The minimum absolute atomic E-state index is 0.250. The number of aliphatic hydroxyl groups excluding tert-OH is 6. The molecular formula is C31H56N2O12. The van der Waals surface area contributed by atoms with E-state index in [1.165, 1.54) is 64.7 Å². The average molecular weight is 649 g/mol. The van der Waals surface area contributed by atoms with Crippen molar-refractivity contribution in [3.8, 4) is 0 Å². The predicted octanol–water partition coefficient (Wildman–Crippen LogP) is 0.687. The lowest BCUT2D eigenvalue weighted by Gasteiger charge is -2.25. The first kappa shape index (κ1) is 48.8. The van der Waals surface area contributed by atoms with Crippen molar-refractivity contribution in [1.82, 2.24) is 10.6 Å². The Morgan fingerprint density at radius 1 is 0.644 bits per heavy atom. The smallest absolute Gasteiger partial charge is 0.373 e. The molecule has 0 radical (unpaired) electrons. The van der Waals surface area contributed by atoms with E-state index in [1.807, 2.05) is 0 Å². The summed E-state index contributed by atoms with van der Waals surface area (Å²) in [6, 6.07) is -1.74. The van der Waals surface area contributed by atoms with Gasteiger partial charge in [-0.2, -0.15) is 19.2 Å². The standard InChI is InChI=1S/C21H41NO4.C8H15NO4.2CO2/c1-3-5-6-7-8-9-10-11-12-13-14-15-16-19(24)21(26)18(17-23)22-20(25)4-2;1-3-7(12)9-6(4-10)8(13)5(2)11;2*2-1-3/h4,18-19,21,23-24,26H,2-3,5-17H2,1H3,(H,22,25);3,5-6,8,10-11,13H,1,4H2,2H3,(H,9,12);;/t18-,19+,21-;5-,6+,8-;;/m01../s1. The van der Waals surface area contributed by atoms with Crippen LogP contribution in [0.3, 0.4) is 0 Å². The van der Waals surface area contributed by atoms with Crippen LogP contribution in [0, 0.1) is 0 Å². The van der Waals surface area contributed by atoms with Crippen LogP contribution in [0.2, 0.25) is 0 Å². The second-order valence-corrected chi connectivity index (χ2v) is 10.1. The highest BCUT2D eigenvalue weighted by molar-refractivity contribution is 5.87. The van der Waals surface area contributed by atoms with E-state index < -0.39 is 61.5 Å². The average Bonchev–Trinajstić information content (AvgIpc) is 3.02. The molecule has 14 nitrogen and oxygen atoms in total. The third-order valence-electron chi connectivity index (χ3n) is 6.49. The van der Waals surface area contributed by atoms with Crippen molar-refractivity contribution >= 4 is 24.1 Å². The minimum Gasteiger partial charge on any atom is -0.394 e. The van der Waals surface area contributed by atoms with Crippen molar-refractivity contribution < 1.29 is 59.4 Å². The molecule has 0 saturated heterocycles. The summed E-state index contributed by atoms with van der Waals surface area (Å²) in [7, 11) is 0. The lowest BCUT2D eigenvalue weighted by Crippen LogP contribution is -2.50. The first-order valence-electron chi connectivity index (χ1n) is 15.2. The first-order valence-corrected chi connectivity index (χ1v) is 15.2. The fraction of sp³-hybridized carbons (Fsp3) is 0.742. The Hall–Kier alpha value is -3.06. The van der Waals surface area contributed by atoms with E-state index in [9.17, 15) is 30.0 Å². The minimum atomic E-state index is -1.19. The topological polar surface area (TPSA) is 248 Å². The van der Waals surface area contributed by atoms with Crippen LogP contribution in [0.15, 0.2) is 25.3 Å². The van der Waals surface area contributed by atoms with Gasteiger partial charge in [0.2, 0.25) is 11.8 Å². The van der Waals surface area contributed by atoms with Gasteiger partial charge in [0.05, 0.1) is 37.5 Å². The summed E-state index contributed by atoms with van der Waals surface area (Å²) in [5.74, 6) is -0.973. The van der Waals surface area contributed by atoms with Crippen molar-refractivity contribution in [2.45, 2.75) is 134 Å². The molecule has 14 heteroatoms. The molecule has 0 bridgehead atoms. The molecule has 262 valence electrons. The van der Waals surface area contributed by atoms with E-state index >= 15 is 0 Å². The van der Waals surface area contributed by atoms with Crippen molar-refractivity contribution in [2.75, 3.05) is 13.2 Å². The van der Waals surface area contributed by atoms with Crippen LogP contribution in [0.5, 0.6) is 0 Å². The number of nitrogens with one attached hydrogen (secondary N) is 2. The molecule has 0 aliphatic rings. The van der Waals surface area contributed by atoms with Crippen LogP contribution in [-0.2, 0) is 28.8 Å². The molecule has 0 aromatic carbocycles. The van der Waals surface area contributed by atoms with Crippen LogP contribution in [-0.4, -0.2) is 104 Å². The highest BCUT2D eigenvalue weighted by Gasteiger charge is 2.26.